The molecule has 44 heteroatoms. The minimum atomic E-state index is -6.07. The van der Waals surface area contributed by atoms with Gasteiger partial charge in [0.05, 0.1) is 0 Å². The molecule has 0 aromatic heterocycles. The van der Waals surface area contributed by atoms with Crippen LogP contribution in [0, 0.1) is 0 Å². The first-order chi connectivity index (χ1) is 9.71. The van der Waals surface area contributed by atoms with Gasteiger partial charge in [0, 0.05) is 31.2 Å². The van der Waals surface area contributed by atoms with E-state index in [1.54, 1.807) is 0 Å². The summed E-state index contributed by atoms with van der Waals surface area (Å²) in [5, 5.41) is 0. The molecule has 0 rings (SSSR count). The van der Waals surface area contributed by atoms with Crippen LogP contribution in [0.2, 0.25) is 0 Å². The Kier molecular flexibility index (Phi) is 346. The Hall–Kier alpha value is 2.71. The van der Waals surface area contributed by atoms with Gasteiger partial charge in [0.15, 0.2) is 0 Å². The molecular formula is H30Cr2CuFeMnNa2O34S3. The van der Waals surface area contributed by atoms with Gasteiger partial charge in [-0.05, 0) is 0 Å². The summed E-state index contributed by atoms with van der Waals surface area (Å²) in [6.07, 6.45) is 0. The predicted octanol–water partition coefficient (Wildman–Crippen LogP) is -25.3. The van der Waals surface area contributed by atoms with Crippen LogP contribution in [0.25, 0.3) is 0 Å². The van der Waals surface area contributed by atoms with Crippen molar-refractivity contribution in [1.82, 2.24) is 0 Å². The molecule has 0 fully saturated rings. The minimum absolute atomic E-state index is 0. The van der Waals surface area contributed by atoms with E-state index in [1.807, 2.05) is 0 Å². The third kappa shape index (κ3) is 1130. The van der Waals surface area contributed by atoms with Crippen molar-refractivity contribution >= 4 is 31.2 Å². The zero-order valence-corrected chi connectivity index (χ0v) is 32.6. The quantitative estimate of drug-likeness (QED) is 0.141. The first-order valence-corrected chi connectivity index (χ1v) is 11.5. The fourth-order valence-corrected chi connectivity index (χ4v) is 1.74. The Morgan fingerprint density at radius 2 is 0.432 bits per heavy atom. The monoisotopic (exact) mass is 994 g/mol. The molecule has 0 bridgehead atoms. The number of hydrogen-bond acceptors (Lipinski definition) is 19. The molecule has 0 spiro atoms. The average Bonchev–Trinajstić information content (AvgIpc) is 1.80. The van der Waals surface area contributed by atoms with E-state index >= 15 is 0 Å². The van der Waals surface area contributed by atoms with Gasteiger partial charge in [-0.25, -0.2) is 0 Å². The summed E-state index contributed by atoms with van der Waals surface area (Å²) in [5.74, 6) is 0. The van der Waals surface area contributed by atoms with Crippen molar-refractivity contribution in [1.29, 1.82) is 0 Å². The molecule has 34 nitrogen and oxygen atoms in total. The van der Waals surface area contributed by atoms with Crippen molar-refractivity contribution in [2.24, 2.45) is 0 Å². The second-order valence-corrected chi connectivity index (χ2v) is 8.20. The molecule has 0 aromatic carbocycles. The fourth-order valence-electron chi connectivity index (χ4n) is 0.102. The maximum atomic E-state index is 9.38. The van der Waals surface area contributed by atoms with Gasteiger partial charge in [-0.15, -0.1) is 0 Å². The van der Waals surface area contributed by atoms with Crippen molar-refractivity contribution in [2.75, 3.05) is 0 Å². The molecule has 0 atom stereocenters. The third-order valence-electron chi connectivity index (χ3n) is 0.167. The second kappa shape index (κ2) is 80.4. The Balaban J connectivity index is -0.00000000488. The molecule has 0 unspecified atom stereocenters. The summed E-state index contributed by atoms with van der Waals surface area (Å²) in [5.41, 5.74) is 0. The van der Waals surface area contributed by atoms with Crippen molar-refractivity contribution in [3.05, 3.63) is 0 Å². The molecule has 0 aliphatic heterocycles. The van der Waals surface area contributed by atoms with E-state index in [4.69, 9.17) is 52.6 Å². The van der Waals surface area contributed by atoms with Crippen LogP contribution < -0.4 is 67.4 Å². The summed E-state index contributed by atoms with van der Waals surface area (Å²) >= 11 is -12.1. The van der Waals surface area contributed by atoms with Crippen LogP contribution in [0.5, 0.6) is 0 Å². The van der Waals surface area contributed by atoms with E-state index in [1.165, 1.54) is 0 Å². The van der Waals surface area contributed by atoms with E-state index in [-0.39, 0.29) is 192 Å². The van der Waals surface area contributed by atoms with Gasteiger partial charge in [0.25, 0.3) is 0 Å². The van der Waals surface area contributed by atoms with Crippen LogP contribution >= 0.6 is 0 Å². The van der Waals surface area contributed by atoms with Gasteiger partial charge in [0.2, 0.25) is 0 Å². The van der Waals surface area contributed by atoms with Gasteiger partial charge in [-0.2, -0.15) is 0 Å². The van der Waals surface area contributed by atoms with Crippen LogP contribution in [0.3, 0.4) is 0 Å². The summed E-state index contributed by atoms with van der Waals surface area (Å²) < 4.78 is 161. The van der Waals surface area contributed by atoms with Crippen LogP contribution in [0.15, 0.2) is 0 Å². The SMILES string of the molecule is O.O.O.O.O.O.O.O.O.O.O.O.O.O.O.O=S(=O)([O-])[O-].O=S(=O)([O-])[O-].O=S(=O)([O-])[O-].[Cu+2].[Fe+2].[Mn+2].[Na+].[Na+].[O]=[Cr](=[O])([O-])[O][Cr](=[O])(=[O])[O-]. The van der Waals surface area contributed by atoms with Crippen LogP contribution in [-0.2, 0) is 128 Å². The number of hydrogen-bond donors (Lipinski definition) is 0. The van der Waals surface area contributed by atoms with Crippen molar-refractivity contribution < 1.29 is 299 Å². The normalized spacial score (nSPS) is 6.73. The van der Waals surface area contributed by atoms with Gasteiger partial charge in [-0.3, -0.25) is 25.3 Å². The van der Waals surface area contributed by atoms with Crippen molar-refractivity contribution in [3.8, 4) is 0 Å². The van der Waals surface area contributed by atoms with E-state index in [9.17, 15) is 23.5 Å². The summed E-state index contributed by atoms with van der Waals surface area (Å²) in [7, 11) is -15.5. The second-order valence-electron chi connectivity index (χ2n) is 2.11. The van der Waals surface area contributed by atoms with Crippen LogP contribution in [-0.4, -0.2) is 135 Å². The van der Waals surface area contributed by atoms with Crippen molar-refractivity contribution in [3.63, 3.8) is 0 Å². The number of rotatable bonds is 2. The first-order valence-electron chi connectivity index (χ1n) is 3.33. The van der Waals surface area contributed by atoms with Gasteiger partial charge in [0.1, 0.15) is 0 Å². The Morgan fingerprint density at radius 3 is 0.432 bits per heavy atom. The summed E-state index contributed by atoms with van der Waals surface area (Å²) in [6.45, 7) is 0. The molecule has 44 heavy (non-hydrogen) atoms. The van der Waals surface area contributed by atoms with Gasteiger partial charge in [-0.1, -0.05) is 0 Å². The average molecular weight is 995 g/mol. The zero-order valence-electron chi connectivity index (χ0n) is 20.3. The molecule has 292 valence electrons. The first kappa shape index (κ1) is 189. The van der Waals surface area contributed by atoms with Gasteiger partial charge < -0.3 is 109 Å². The van der Waals surface area contributed by atoms with E-state index in [0.29, 0.717) is 0 Å². The Bertz CT molecular complexity index is 753. The Morgan fingerprint density at radius 1 is 0.386 bits per heavy atom. The summed E-state index contributed by atoms with van der Waals surface area (Å²) in [4.78, 5) is 0. The predicted molar refractivity (Wildman–Crippen MR) is 89.5 cm³/mol. The molecular weight excluding hydrogens is 964 g/mol. The maximum absolute atomic E-state index is 9.38. The zero-order chi connectivity index (χ0) is 21.2. The molecule has 0 amide bonds. The van der Waals surface area contributed by atoms with E-state index < -0.39 is 58.4 Å². The van der Waals surface area contributed by atoms with Crippen LogP contribution in [0.4, 0.5) is 0 Å². The van der Waals surface area contributed by atoms with E-state index in [2.05, 4.69) is 2.84 Å². The van der Waals surface area contributed by atoms with Gasteiger partial charge >= 0.3 is 164 Å². The fraction of sp³-hybridized carbons (Fsp3) is 0. The molecule has 0 aliphatic rings. The molecule has 0 heterocycles. The third-order valence-corrected chi connectivity index (χ3v) is 2.83. The van der Waals surface area contributed by atoms with Crippen LogP contribution in [0.1, 0.15) is 0 Å². The molecule has 30 N–H and O–H groups in total. The molecule has 2 radical (unpaired) electrons. The summed E-state index contributed by atoms with van der Waals surface area (Å²) in [6, 6.07) is 0. The van der Waals surface area contributed by atoms with Crippen molar-refractivity contribution in [2.45, 2.75) is 0 Å². The van der Waals surface area contributed by atoms with E-state index in [0.717, 1.165) is 0 Å². The molecule has 0 aromatic rings. The topological polar surface area (TPSA) is 837 Å². The molecule has 0 saturated heterocycles. The standard InChI is InChI=1S/2Cr.Cu.Fe.Mn.2Na.3H2O4S.15H2O.7O/c;;;;;;;3*1-5(2,3)4;;;;;;;;;;;;;;;;;;;;;;/h;;;;;;;3*(H2,1,2,3,4);15*1H2;;;;;;;/q;;3*+2;2*+1;;;;;;;;;;;;;;;;;;;;;;;;2*-1/p-6. The molecule has 0 aliphatic carbocycles. The molecule has 0 saturated carbocycles. The Labute approximate surface area is 326 Å².